The van der Waals surface area contributed by atoms with Crippen molar-refractivity contribution < 1.29 is 39.2 Å². The van der Waals surface area contributed by atoms with Crippen LogP contribution in [0.2, 0.25) is 0 Å². The van der Waals surface area contributed by atoms with Crippen LogP contribution >= 0.6 is 0 Å². The summed E-state index contributed by atoms with van der Waals surface area (Å²) >= 11 is 0. The third-order valence-corrected chi connectivity index (χ3v) is 1.10. The second-order valence-corrected chi connectivity index (χ2v) is 2.95. The van der Waals surface area contributed by atoms with Crippen LogP contribution in [0.1, 0.15) is 13.8 Å². The van der Waals surface area contributed by atoms with Crippen LogP contribution < -0.4 is 0 Å². The summed E-state index contributed by atoms with van der Waals surface area (Å²) in [5, 5.41) is 24.8. The molecule has 0 aromatic heterocycles. The average molecular weight is 276 g/mol. The Bertz CT molecular complexity index is 319. The van der Waals surface area contributed by atoms with Gasteiger partial charge in [0.15, 0.2) is 12.6 Å². The van der Waals surface area contributed by atoms with Crippen LogP contribution in [-0.2, 0) is 23.9 Å². The lowest BCUT2D eigenvalue weighted by molar-refractivity contribution is -0.161. The first-order valence-corrected chi connectivity index (χ1v) is 4.99. The van der Waals surface area contributed by atoms with Crippen molar-refractivity contribution in [3.05, 3.63) is 24.8 Å². The first kappa shape index (κ1) is 19.2. The molecular formula is C11H16O8. The molecule has 0 aromatic rings. The Kier molecular flexibility index (Phi) is 11.0. The number of carboxylic acid groups (broad SMARTS) is 1. The van der Waals surface area contributed by atoms with Gasteiger partial charge in [0.1, 0.15) is 0 Å². The van der Waals surface area contributed by atoms with E-state index in [0.29, 0.717) is 0 Å². The second kappa shape index (κ2) is 10.9. The fourth-order valence-corrected chi connectivity index (χ4v) is 0.551. The normalized spacial score (nSPS) is 12.6. The summed E-state index contributed by atoms with van der Waals surface area (Å²) in [4.78, 5) is 30.7. The Morgan fingerprint density at radius 1 is 1.00 bits per heavy atom. The molecule has 0 aromatic carbocycles. The lowest BCUT2D eigenvalue weighted by Crippen LogP contribution is -2.14. The minimum absolute atomic E-state index is 0.789. The lowest BCUT2D eigenvalue weighted by Gasteiger charge is -2.04. The van der Waals surface area contributed by atoms with Crippen LogP contribution in [0.15, 0.2) is 24.8 Å². The quantitative estimate of drug-likeness (QED) is 0.350. The molecule has 0 aliphatic heterocycles. The number of carbonyl (C=O) groups excluding carboxylic acids is 2. The van der Waals surface area contributed by atoms with Crippen molar-refractivity contribution in [3.8, 4) is 0 Å². The van der Waals surface area contributed by atoms with Gasteiger partial charge < -0.3 is 24.8 Å². The Morgan fingerprint density at radius 3 is 1.42 bits per heavy atom. The third kappa shape index (κ3) is 18.4. The molecule has 0 bridgehead atoms. The van der Waals surface area contributed by atoms with Gasteiger partial charge in [-0.1, -0.05) is 6.58 Å². The van der Waals surface area contributed by atoms with Crippen molar-refractivity contribution in [2.75, 3.05) is 0 Å². The molecule has 0 rings (SSSR count). The van der Waals surface area contributed by atoms with Crippen molar-refractivity contribution in [1.82, 2.24) is 0 Å². The number of aliphatic hydroxyl groups excluding tert-OH is 2. The summed E-state index contributed by atoms with van der Waals surface area (Å²) in [6.07, 6.45) is -0.0608. The summed E-state index contributed by atoms with van der Waals surface area (Å²) in [6, 6.07) is 0. The number of rotatable bonds is 5. The second-order valence-electron chi connectivity index (χ2n) is 2.95. The monoisotopic (exact) mass is 276 g/mol. The molecular weight excluding hydrogens is 260 g/mol. The number of aliphatic carboxylic acids is 1. The maximum absolute atomic E-state index is 10.7. The topological polar surface area (TPSA) is 130 Å². The summed E-state index contributed by atoms with van der Waals surface area (Å²) in [6.45, 7) is 5.46. The molecule has 2 unspecified atom stereocenters. The molecule has 0 spiro atoms. The highest BCUT2D eigenvalue weighted by atomic mass is 16.6. The molecule has 8 nitrogen and oxygen atoms in total. The van der Waals surface area contributed by atoms with Gasteiger partial charge in [-0.2, -0.15) is 0 Å². The number of esters is 2. The predicted octanol–water partition coefficient (Wildman–Crippen LogP) is -0.437. The van der Waals surface area contributed by atoms with Crippen LogP contribution in [-0.4, -0.2) is 45.8 Å². The van der Waals surface area contributed by atoms with E-state index in [1.54, 1.807) is 0 Å². The zero-order valence-corrected chi connectivity index (χ0v) is 10.5. The zero-order chi connectivity index (χ0) is 15.4. The van der Waals surface area contributed by atoms with E-state index >= 15 is 0 Å². The average Bonchev–Trinajstić information content (AvgIpc) is 2.25. The van der Waals surface area contributed by atoms with Gasteiger partial charge in [0, 0.05) is 18.2 Å². The smallest absolute Gasteiger partial charge is 0.333 e. The number of ether oxygens (including phenoxy) is 2. The van der Waals surface area contributed by atoms with Crippen molar-refractivity contribution in [2.24, 2.45) is 0 Å². The summed E-state index contributed by atoms with van der Waals surface area (Å²) in [5.74, 6) is -2.73. The first-order valence-electron chi connectivity index (χ1n) is 4.99. The fourth-order valence-electron chi connectivity index (χ4n) is 0.551. The van der Waals surface area contributed by atoms with Gasteiger partial charge in [0.25, 0.3) is 0 Å². The Labute approximate surface area is 109 Å². The molecule has 2 atom stereocenters. The van der Waals surface area contributed by atoms with E-state index in [4.69, 9.17) is 15.3 Å². The fraction of sp³-hybridized carbons (Fsp3) is 0.364. The molecule has 3 N–H and O–H groups in total. The SMILES string of the molecule is C=CC(=O)O.CC(O)OC(=O)/C=C\C(=O)OC(C)O. The van der Waals surface area contributed by atoms with Crippen LogP contribution in [0.3, 0.4) is 0 Å². The van der Waals surface area contributed by atoms with E-state index < -0.39 is 30.5 Å². The lowest BCUT2D eigenvalue weighted by atomic mass is 10.5. The van der Waals surface area contributed by atoms with Gasteiger partial charge in [0.2, 0.25) is 0 Å². The van der Waals surface area contributed by atoms with Crippen LogP contribution in [0.4, 0.5) is 0 Å². The van der Waals surface area contributed by atoms with Gasteiger partial charge in [-0.05, 0) is 13.8 Å². The molecule has 0 aliphatic rings. The van der Waals surface area contributed by atoms with Crippen molar-refractivity contribution in [1.29, 1.82) is 0 Å². The molecule has 19 heavy (non-hydrogen) atoms. The number of carbonyl (C=O) groups is 3. The van der Waals surface area contributed by atoms with Crippen LogP contribution in [0.25, 0.3) is 0 Å². The zero-order valence-electron chi connectivity index (χ0n) is 10.5. The molecule has 0 saturated heterocycles. The standard InChI is InChI=1S/C8H12O6.C3H4O2/c1-5(9)13-7(11)3-4-8(12)14-6(2)10;1-2-3(4)5/h3-6,9-10H,1-2H3;2H,1H2,(H,4,5)/b4-3-;. The summed E-state index contributed by atoms with van der Waals surface area (Å²) < 4.78 is 8.53. The Balaban J connectivity index is 0. The first-order chi connectivity index (χ1) is 8.68. The maximum atomic E-state index is 10.7. The molecule has 0 heterocycles. The van der Waals surface area contributed by atoms with Crippen molar-refractivity contribution in [2.45, 2.75) is 26.4 Å². The molecule has 0 fully saturated rings. The van der Waals surface area contributed by atoms with E-state index in [-0.39, 0.29) is 0 Å². The highest BCUT2D eigenvalue weighted by molar-refractivity contribution is 5.91. The largest absolute Gasteiger partial charge is 0.478 e. The van der Waals surface area contributed by atoms with Crippen LogP contribution in [0, 0.1) is 0 Å². The molecule has 0 saturated carbocycles. The molecule has 8 heteroatoms. The van der Waals surface area contributed by atoms with E-state index in [9.17, 15) is 14.4 Å². The minimum atomic E-state index is -1.24. The van der Waals surface area contributed by atoms with Crippen molar-refractivity contribution >= 4 is 17.9 Å². The summed E-state index contributed by atoms with van der Waals surface area (Å²) in [5.41, 5.74) is 0. The molecule has 0 aliphatic carbocycles. The van der Waals surface area contributed by atoms with Gasteiger partial charge in [-0.3, -0.25) is 0 Å². The molecule has 108 valence electrons. The van der Waals surface area contributed by atoms with Crippen LogP contribution in [0.5, 0.6) is 0 Å². The van der Waals surface area contributed by atoms with E-state index in [2.05, 4.69) is 16.1 Å². The minimum Gasteiger partial charge on any atom is -0.478 e. The molecule has 0 radical (unpaired) electrons. The number of hydrogen-bond donors (Lipinski definition) is 3. The van der Waals surface area contributed by atoms with Gasteiger partial charge in [-0.15, -0.1) is 0 Å². The number of aliphatic hydroxyl groups is 2. The highest BCUT2D eigenvalue weighted by Crippen LogP contribution is 1.91. The third-order valence-electron chi connectivity index (χ3n) is 1.10. The summed E-state index contributed by atoms with van der Waals surface area (Å²) in [7, 11) is 0. The predicted molar refractivity (Wildman–Crippen MR) is 62.5 cm³/mol. The van der Waals surface area contributed by atoms with Gasteiger partial charge >= 0.3 is 17.9 Å². The van der Waals surface area contributed by atoms with Gasteiger partial charge in [-0.25, -0.2) is 14.4 Å². The highest BCUT2D eigenvalue weighted by Gasteiger charge is 2.05. The number of hydrogen-bond acceptors (Lipinski definition) is 7. The van der Waals surface area contributed by atoms with E-state index in [1.807, 2.05) is 0 Å². The van der Waals surface area contributed by atoms with E-state index in [1.165, 1.54) is 13.8 Å². The van der Waals surface area contributed by atoms with E-state index in [0.717, 1.165) is 18.2 Å². The number of carboxylic acids is 1. The molecule has 0 amide bonds. The van der Waals surface area contributed by atoms with Gasteiger partial charge in [0.05, 0.1) is 0 Å². The maximum Gasteiger partial charge on any atom is 0.333 e. The van der Waals surface area contributed by atoms with Crippen molar-refractivity contribution in [3.63, 3.8) is 0 Å². The Hall–Kier alpha value is -2.19. The Morgan fingerprint density at radius 2 is 1.26 bits per heavy atom.